The van der Waals surface area contributed by atoms with Crippen molar-refractivity contribution >= 4 is 11.3 Å². The van der Waals surface area contributed by atoms with Gasteiger partial charge in [-0.05, 0) is 43.2 Å². The molecular weight excluding hydrogens is 178 g/mol. The molecule has 1 saturated carbocycles. The Morgan fingerprint density at radius 1 is 1.69 bits per heavy atom. The summed E-state index contributed by atoms with van der Waals surface area (Å²) in [6.45, 7) is 5.78. The molecule has 0 bridgehead atoms. The van der Waals surface area contributed by atoms with Gasteiger partial charge in [-0.2, -0.15) is 0 Å². The SMILES string of the molecule is CC(NCC1CC1C)c1cccs1. The third-order valence-corrected chi connectivity index (χ3v) is 3.99. The summed E-state index contributed by atoms with van der Waals surface area (Å²) in [5.74, 6) is 1.91. The lowest BCUT2D eigenvalue weighted by Crippen LogP contribution is -2.20. The predicted molar refractivity (Wildman–Crippen MR) is 58.0 cm³/mol. The molecule has 1 aliphatic rings. The van der Waals surface area contributed by atoms with Gasteiger partial charge in [0.15, 0.2) is 0 Å². The molecule has 3 atom stereocenters. The molecule has 13 heavy (non-hydrogen) atoms. The van der Waals surface area contributed by atoms with Crippen LogP contribution in [-0.4, -0.2) is 6.54 Å². The summed E-state index contributed by atoms with van der Waals surface area (Å²) in [6, 6.07) is 4.86. The third-order valence-electron chi connectivity index (χ3n) is 2.93. The molecule has 1 heterocycles. The fourth-order valence-electron chi connectivity index (χ4n) is 1.65. The first-order valence-corrected chi connectivity index (χ1v) is 5.92. The molecule has 0 radical (unpaired) electrons. The molecule has 0 amide bonds. The van der Waals surface area contributed by atoms with E-state index in [-0.39, 0.29) is 0 Å². The summed E-state index contributed by atoms with van der Waals surface area (Å²) in [5.41, 5.74) is 0. The molecule has 1 N–H and O–H groups in total. The molecule has 2 rings (SSSR count). The Hall–Kier alpha value is -0.340. The van der Waals surface area contributed by atoms with Gasteiger partial charge in [-0.15, -0.1) is 11.3 Å². The summed E-state index contributed by atoms with van der Waals surface area (Å²) < 4.78 is 0. The number of hydrogen-bond acceptors (Lipinski definition) is 2. The Morgan fingerprint density at radius 2 is 2.46 bits per heavy atom. The Kier molecular flexibility index (Phi) is 2.70. The monoisotopic (exact) mass is 195 g/mol. The lowest BCUT2D eigenvalue weighted by molar-refractivity contribution is 0.541. The minimum Gasteiger partial charge on any atom is -0.309 e. The van der Waals surface area contributed by atoms with Crippen molar-refractivity contribution in [3.63, 3.8) is 0 Å². The van der Waals surface area contributed by atoms with Crippen LogP contribution in [0.1, 0.15) is 31.2 Å². The first-order chi connectivity index (χ1) is 6.27. The second-order valence-electron chi connectivity index (χ2n) is 4.12. The molecule has 0 saturated heterocycles. The van der Waals surface area contributed by atoms with Crippen LogP contribution in [0.3, 0.4) is 0 Å². The van der Waals surface area contributed by atoms with Crippen molar-refractivity contribution in [2.75, 3.05) is 6.54 Å². The average molecular weight is 195 g/mol. The van der Waals surface area contributed by atoms with E-state index in [0.29, 0.717) is 6.04 Å². The van der Waals surface area contributed by atoms with Crippen molar-refractivity contribution in [2.24, 2.45) is 11.8 Å². The van der Waals surface area contributed by atoms with Crippen LogP contribution in [0.2, 0.25) is 0 Å². The summed E-state index contributed by atoms with van der Waals surface area (Å²) in [7, 11) is 0. The zero-order valence-corrected chi connectivity index (χ0v) is 9.10. The van der Waals surface area contributed by atoms with E-state index < -0.39 is 0 Å². The van der Waals surface area contributed by atoms with Gasteiger partial charge in [0.1, 0.15) is 0 Å². The van der Waals surface area contributed by atoms with Gasteiger partial charge < -0.3 is 5.32 Å². The van der Waals surface area contributed by atoms with Gasteiger partial charge >= 0.3 is 0 Å². The van der Waals surface area contributed by atoms with Gasteiger partial charge in [0.25, 0.3) is 0 Å². The van der Waals surface area contributed by atoms with Crippen molar-refractivity contribution in [2.45, 2.75) is 26.3 Å². The maximum Gasteiger partial charge on any atom is 0.0386 e. The molecule has 0 aliphatic heterocycles. The van der Waals surface area contributed by atoms with Crippen LogP contribution in [-0.2, 0) is 0 Å². The summed E-state index contributed by atoms with van der Waals surface area (Å²) in [5, 5.41) is 5.73. The zero-order chi connectivity index (χ0) is 9.26. The van der Waals surface area contributed by atoms with Crippen LogP contribution in [0.4, 0.5) is 0 Å². The van der Waals surface area contributed by atoms with Crippen LogP contribution >= 0.6 is 11.3 Å². The lowest BCUT2D eigenvalue weighted by Gasteiger charge is -2.11. The van der Waals surface area contributed by atoms with E-state index in [0.717, 1.165) is 11.8 Å². The molecule has 1 aromatic heterocycles. The van der Waals surface area contributed by atoms with Gasteiger partial charge in [-0.25, -0.2) is 0 Å². The lowest BCUT2D eigenvalue weighted by atomic mass is 10.2. The van der Waals surface area contributed by atoms with E-state index in [4.69, 9.17) is 0 Å². The van der Waals surface area contributed by atoms with E-state index in [9.17, 15) is 0 Å². The Balaban J connectivity index is 1.76. The largest absolute Gasteiger partial charge is 0.309 e. The predicted octanol–water partition coefficient (Wildman–Crippen LogP) is 3.05. The summed E-state index contributed by atoms with van der Waals surface area (Å²) >= 11 is 1.84. The number of rotatable bonds is 4. The quantitative estimate of drug-likeness (QED) is 0.778. The molecule has 0 aromatic carbocycles. The smallest absolute Gasteiger partial charge is 0.0386 e. The maximum atomic E-state index is 3.59. The van der Waals surface area contributed by atoms with Crippen molar-refractivity contribution in [3.05, 3.63) is 22.4 Å². The topological polar surface area (TPSA) is 12.0 Å². The van der Waals surface area contributed by atoms with E-state index in [2.05, 4.69) is 36.7 Å². The minimum atomic E-state index is 0.535. The number of thiophene rings is 1. The second-order valence-corrected chi connectivity index (χ2v) is 5.10. The second kappa shape index (κ2) is 3.81. The minimum absolute atomic E-state index is 0.535. The Labute approximate surface area is 84.2 Å². The molecule has 1 aromatic rings. The van der Waals surface area contributed by atoms with Gasteiger partial charge in [0.05, 0.1) is 0 Å². The molecule has 3 unspecified atom stereocenters. The van der Waals surface area contributed by atoms with E-state index in [1.165, 1.54) is 17.8 Å². The molecule has 1 fully saturated rings. The highest BCUT2D eigenvalue weighted by molar-refractivity contribution is 7.10. The van der Waals surface area contributed by atoms with Crippen LogP contribution in [0, 0.1) is 11.8 Å². The van der Waals surface area contributed by atoms with Crippen LogP contribution in [0.15, 0.2) is 17.5 Å². The fraction of sp³-hybridized carbons (Fsp3) is 0.636. The van der Waals surface area contributed by atoms with Crippen molar-refractivity contribution in [1.82, 2.24) is 5.32 Å². The highest BCUT2D eigenvalue weighted by Crippen LogP contribution is 2.37. The molecule has 72 valence electrons. The number of hydrogen-bond donors (Lipinski definition) is 1. The van der Waals surface area contributed by atoms with Gasteiger partial charge in [-0.1, -0.05) is 13.0 Å². The Morgan fingerprint density at radius 3 is 3.00 bits per heavy atom. The highest BCUT2D eigenvalue weighted by Gasteiger charge is 2.32. The molecule has 1 aliphatic carbocycles. The van der Waals surface area contributed by atoms with Gasteiger partial charge in [-0.3, -0.25) is 0 Å². The first kappa shape index (κ1) is 9.22. The average Bonchev–Trinajstić information content (AvgIpc) is 2.67. The molecule has 0 spiro atoms. The van der Waals surface area contributed by atoms with Crippen LogP contribution < -0.4 is 5.32 Å². The maximum absolute atomic E-state index is 3.59. The van der Waals surface area contributed by atoms with E-state index in [1.807, 2.05) is 11.3 Å². The van der Waals surface area contributed by atoms with Gasteiger partial charge in [0.2, 0.25) is 0 Å². The number of nitrogens with one attached hydrogen (secondary N) is 1. The van der Waals surface area contributed by atoms with E-state index in [1.54, 1.807) is 0 Å². The third kappa shape index (κ3) is 2.32. The normalized spacial score (nSPS) is 28.8. The van der Waals surface area contributed by atoms with E-state index >= 15 is 0 Å². The van der Waals surface area contributed by atoms with Crippen molar-refractivity contribution in [3.8, 4) is 0 Å². The van der Waals surface area contributed by atoms with Crippen molar-refractivity contribution < 1.29 is 0 Å². The van der Waals surface area contributed by atoms with Crippen molar-refractivity contribution in [1.29, 1.82) is 0 Å². The summed E-state index contributed by atoms with van der Waals surface area (Å²) in [6.07, 6.45) is 1.42. The highest BCUT2D eigenvalue weighted by atomic mass is 32.1. The molecular formula is C11H17NS. The fourth-order valence-corrected chi connectivity index (χ4v) is 2.41. The summed E-state index contributed by atoms with van der Waals surface area (Å²) in [4.78, 5) is 1.45. The standard InChI is InChI=1S/C11H17NS/c1-8-6-10(8)7-12-9(2)11-4-3-5-13-11/h3-5,8-10,12H,6-7H2,1-2H3. The molecule has 2 heteroatoms. The van der Waals surface area contributed by atoms with Gasteiger partial charge in [0, 0.05) is 10.9 Å². The molecule has 1 nitrogen and oxygen atoms in total. The zero-order valence-electron chi connectivity index (χ0n) is 8.29. The van der Waals surface area contributed by atoms with Crippen LogP contribution in [0.5, 0.6) is 0 Å². The first-order valence-electron chi connectivity index (χ1n) is 5.04. The van der Waals surface area contributed by atoms with Crippen LogP contribution in [0.25, 0.3) is 0 Å². The Bertz CT molecular complexity index is 255.